The van der Waals surface area contributed by atoms with Gasteiger partial charge in [-0.25, -0.2) is 0 Å². The lowest BCUT2D eigenvalue weighted by Gasteiger charge is -2.22. The number of aryl methyl sites for hydroxylation is 1. The second-order valence-corrected chi connectivity index (χ2v) is 7.30. The highest BCUT2D eigenvalue weighted by Gasteiger charge is 2.21. The number of hydrogen-bond donors (Lipinski definition) is 2. The summed E-state index contributed by atoms with van der Waals surface area (Å²) in [7, 11) is 4.01. The average molecular weight is 488 g/mol. The third-order valence-corrected chi connectivity index (χ3v) is 5.25. The first-order valence-electron chi connectivity index (χ1n) is 9.64. The van der Waals surface area contributed by atoms with Gasteiger partial charge < -0.3 is 25.0 Å². The Hall–Kier alpha value is -1.06. The molecule has 0 amide bonds. The number of guanidine groups is 1. The molecule has 1 aromatic carbocycles. The van der Waals surface area contributed by atoms with Gasteiger partial charge in [-0.15, -0.1) is 24.0 Å². The summed E-state index contributed by atoms with van der Waals surface area (Å²) in [5, 5.41) is 6.87. The van der Waals surface area contributed by atoms with Crippen LogP contribution in [0.15, 0.2) is 23.2 Å². The van der Waals surface area contributed by atoms with E-state index in [2.05, 4.69) is 52.7 Å². The van der Waals surface area contributed by atoms with E-state index in [4.69, 9.17) is 9.47 Å². The standard InChI is InChI=1S/C20H32N4O2.HI/c1-15-6-7-16(19(11-15)26-18-8-10-25-14-18)12-22-20(21-2)23-13-17-5-4-9-24(17)3;/h6-7,11,17-18H,4-5,8-10,12-14H2,1-3H3,(H2,21,22,23);1H. The number of hydrogen-bond acceptors (Lipinski definition) is 4. The highest BCUT2D eigenvalue weighted by molar-refractivity contribution is 14.0. The summed E-state index contributed by atoms with van der Waals surface area (Å²) in [5.74, 6) is 1.78. The van der Waals surface area contributed by atoms with Crippen LogP contribution in [-0.4, -0.2) is 63.4 Å². The summed E-state index contributed by atoms with van der Waals surface area (Å²) in [4.78, 5) is 6.77. The number of nitrogens with one attached hydrogen (secondary N) is 2. The van der Waals surface area contributed by atoms with E-state index in [9.17, 15) is 0 Å². The van der Waals surface area contributed by atoms with Gasteiger partial charge in [0.15, 0.2) is 5.96 Å². The predicted octanol–water partition coefficient (Wildman–Crippen LogP) is 2.54. The Morgan fingerprint density at radius 3 is 2.85 bits per heavy atom. The number of halogens is 1. The monoisotopic (exact) mass is 488 g/mol. The van der Waals surface area contributed by atoms with Crippen LogP contribution in [0, 0.1) is 6.92 Å². The van der Waals surface area contributed by atoms with Crippen LogP contribution in [0.2, 0.25) is 0 Å². The summed E-state index contributed by atoms with van der Waals surface area (Å²) in [6.45, 7) is 6.35. The molecule has 0 spiro atoms. The molecule has 0 aromatic heterocycles. The predicted molar refractivity (Wildman–Crippen MR) is 120 cm³/mol. The van der Waals surface area contributed by atoms with Gasteiger partial charge >= 0.3 is 0 Å². The fraction of sp³-hybridized carbons (Fsp3) is 0.650. The molecule has 2 N–H and O–H groups in total. The maximum absolute atomic E-state index is 6.18. The number of benzene rings is 1. The lowest BCUT2D eigenvalue weighted by atomic mass is 10.1. The van der Waals surface area contributed by atoms with Gasteiger partial charge in [-0.2, -0.15) is 0 Å². The van der Waals surface area contributed by atoms with Crippen LogP contribution in [0.3, 0.4) is 0 Å². The van der Waals surface area contributed by atoms with Crippen LogP contribution >= 0.6 is 24.0 Å². The van der Waals surface area contributed by atoms with Crippen molar-refractivity contribution in [2.75, 3.05) is 40.4 Å². The Bertz CT molecular complexity index is 620. The third kappa shape index (κ3) is 6.50. The van der Waals surface area contributed by atoms with Crippen molar-refractivity contribution in [3.63, 3.8) is 0 Å². The van der Waals surface area contributed by atoms with Gasteiger partial charge in [-0.05, 0) is 45.0 Å². The smallest absolute Gasteiger partial charge is 0.191 e. The second kappa shape index (κ2) is 11.1. The molecule has 2 unspecified atom stereocenters. The van der Waals surface area contributed by atoms with Gasteiger partial charge in [0.2, 0.25) is 0 Å². The molecule has 2 saturated heterocycles. The maximum Gasteiger partial charge on any atom is 0.191 e. The van der Waals surface area contributed by atoms with E-state index >= 15 is 0 Å². The minimum Gasteiger partial charge on any atom is -0.488 e. The van der Waals surface area contributed by atoms with Crippen molar-refractivity contribution in [2.45, 2.75) is 44.9 Å². The molecular weight excluding hydrogens is 455 g/mol. The van der Waals surface area contributed by atoms with E-state index in [-0.39, 0.29) is 30.1 Å². The molecule has 7 heteroatoms. The van der Waals surface area contributed by atoms with Crippen molar-refractivity contribution in [3.8, 4) is 5.75 Å². The molecule has 2 heterocycles. The summed E-state index contributed by atoms with van der Waals surface area (Å²) < 4.78 is 11.6. The molecule has 6 nitrogen and oxygen atoms in total. The van der Waals surface area contributed by atoms with Gasteiger partial charge in [0.25, 0.3) is 0 Å². The molecule has 2 atom stereocenters. The number of likely N-dealkylation sites (tertiary alicyclic amines) is 1. The van der Waals surface area contributed by atoms with Crippen molar-refractivity contribution in [1.82, 2.24) is 15.5 Å². The van der Waals surface area contributed by atoms with Crippen molar-refractivity contribution >= 4 is 29.9 Å². The topological polar surface area (TPSA) is 58.1 Å². The summed E-state index contributed by atoms with van der Waals surface area (Å²) in [6.07, 6.45) is 3.65. The minimum absolute atomic E-state index is 0. The van der Waals surface area contributed by atoms with E-state index in [1.165, 1.54) is 24.9 Å². The third-order valence-electron chi connectivity index (χ3n) is 5.25. The molecule has 2 fully saturated rings. The molecule has 0 saturated carbocycles. The van der Waals surface area contributed by atoms with Crippen LogP contribution in [0.4, 0.5) is 0 Å². The van der Waals surface area contributed by atoms with Crippen molar-refractivity contribution < 1.29 is 9.47 Å². The fourth-order valence-corrected chi connectivity index (χ4v) is 3.55. The normalized spacial score (nSPS) is 23.1. The lowest BCUT2D eigenvalue weighted by molar-refractivity contribution is 0.140. The molecule has 152 valence electrons. The summed E-state index contributed by atoms with van der Waals surface area (Å²) in [6, 6.07) is 6.96. The largest absolute Gasteiger partial charge is 0.488 e. The van der Waals surface area contributed by atoms with Crippen molar-refractivity contribution in [3.05, 3.63) is 29.3 Å². The zero-order valence-electron chi connectivity index (χ0n) is 16.7. The lowest BCUT2D eigenvalue weighted by Crippen LogP contribution is -2.43. The average Bonchev–Trinajstić information content (AvgIpc) is 3.28. The number of rotatable bonds is 6. The zero-order valence-corrected chi connectivity index (χ0v) is 19.0. The molecule has 1 aromatic rings. The quantitative estimate of drug-likeness (QED) is 0.366. The molecule has 2 aliphatic heterocycles. The van der Waals surface area contributed by atoms with Gasteiger partial charge in [-0.3, -0.25) is 4.99 Å². The van der Waals surface area contributed by atoms with E-state index in [0.29, 0.717) is 19.2 Å². The van der Waals surface area contributed by atoms with Crippen LogP contribution in [0.5, 0.6) is 5.75 Å². The van der Waals surface area contributed by atoms with Crippen LogP contribution in [0.25, 0.3) is 0 Å². The molecular formula is C20H33IN4O2. The van der Waals surface area contributed by atoms with Crippen LogP contribution in [0.1, 0.15) is 30.4 Å². The van der Waals surface area contributed by atoms with E-state index in [0.717, 1.165) is 36.8 Å². The van der Waals surface area contributed by atoms with Crippen molar-refractivity contribution in [1.29, 1.82) is 0 Å². The van der Waals surface area contributed by atoms with E-state index < -0.39 is 0 Å². The summed E-state index contributed by atoms with van der Waals surface area (Å²) >= 11 is 0. The first-order chi connectivity index (χ1) is 12.7. The van der Waals surface area contributed by atoms with Gasteiger partial charge in [0.1, 0.15) is 11.9 Å². The molecule has 27 heavy (non-hydrogen) atoms. The van der Waals surface area contributed by atoms with Crippen molar-refractivity contribution in [2.24, 2.45) is 4.99 Å². The van der Waals surface area contributed by atoms with Crippen LogP contribution < -0.4 is 15.4 Å². The SMILES string of the molecule is CN=C(NCc1ccc(C)cc1OC1CCOC1)NCC1CCCN1C.I. The zero-order chi connectivity index (χ0) is 18.4. The Balaban J connectivity index is 0.00000261. The molecule has 2 aliphatic rings. The number of aliphatic imine (C=N–C) groups is 1. The second-order valence-electron chi connectivity index (χ2n) is 7.30. The van der Waals surface area contributed by atoms with E-state index in [1.807, 2.05) is 7.05 Å². The number of likely N-dealkylation sites (N-methyl/N-ethyl adjacent to an activating group) is 1. The van der Waals surface area contributed by atoms with Crippen LogP contribution in [-0.2, 0) is 11.3 Å². The van der Waals surface area contributed by atoms with Gasteiger partial charge in [-0.1, -0.05) is 12.1 Å². The molecule has 0 radical (unpaired) electrons. The Morgan fingerprint density at radius 1 is 1.33 bits per heavy atom. The highest BCUT2D eigenvalue weighted by Crippen LogP contribution is 2.23. The minimum atomic E-state index is 0. The first kappa shape index (κ1) is 22.2. The Kier molecular flexibility index (Phi) is 9.11. The molecule has 0 aliphatic carbocycles. The Labute approximate surface area is 180 Å². The molecule has 3 rings (SSSR count). The first-order valence-corrected chi connectivity index (χ1v) is 9.64. The molecule has 0 bridgehead atoms. The van der Waals surface area contributed by atoms with Gasteiger partial charge in [0.05, 0.1) is 13.2 Å². The number of nitrogens with zero attached hydrogens (tertiary/aromatic N) is 2. The highest BCUT2D eigenvalue weighted by atomic mass is 127. The number of ether oxygens (including phenoxy) is 2. The fourth-order valence-electron chi connectivity index (χ4n) is 3.55. The Morgan fingerprint density at radius 2 is 2.19 bits per heavy atom. The maximum atomic E-state index is 6.18. The summed E-state index contributed by atoms with van der Waals surface area (Å²) in [5.41, 5.74) is 2.35. The van der Waals surface area contributed by atoms with E-state index in [1.54, 1.807) is 0 Å². The van der Waals surface area contributed by atoms with Gasteiger partial charge in [0, 0.05) is 38.2 Å².